The summed E-state index contributed by atoms with van der Waals surface area (Å²) < 4.78 is 61.1. The maximum atomic E-state index is 13.9. The predicted octanol–water partition coefficient (Wildman–Crippen LogP) is 4.97. The second-order valence-corrected chi connectivity index (χ2v) is 9.38. The molecule has 0 aliphatic heterocycles. The van der Waals surface area contributed by atoms with Gasteiger partial charge in [-0.2, -0.15) is 8.75 Å². The van der Waals surface area contributed by atoms with Gasteiger partial charge >= 0.3 is 0 Å². The first-order valence-corrected chi connectivity index (χ1v) is 12.7. The lowest BCUT2D eigenvalue weighted by molar-refractivity contribution is 0.0954. The number of nitrogens with zero attached hydrogens (tertiary/aromatic N) is 3. The molecule has 0 bridgehead atoms. The average Bonchev–Trinajstić information content (AvgIpc) is 3.28. The van der Waals surface area contributed by atoms with Crippen molar-refractivity contribution in [2.45, 2.75) is 12.8 Å². The van der Waals surface area contributed by atoms with Gasteiger partial charge in [0.1, 0.15) is 17.3 Å². The molecule has 1 atom stereocenters. The number of hydrogen-bond donors (Lipinski definition) is 1. The zero-order valence-electron chi connectivity index (χ0n) is 18.5. The Bertz CT molecular complexity index is 1410. The summed E-state index contributed by atoms with van der Waals surface area (Å²) in [5.41, 5.74) is 1.55. The van der Waals surface area contributed by atoms with Crippen molar-refractivity contribution in [1.29, 1.82) is 0 Å². The number of rotatable bonds is 9. The van der Waals surface area contributed by atoms with E-state index in [4.69, 9.17) is 11.6 Å². The van der Waals surface area contributed by atoms with Crippen LogP contribution in [0.15, 0.2) is 66.7 Å². The minimum atomic E-state index is -2.86. The Morgan fingerprint density at radius 1 is 1.08 bits per heavy atom. The van der Waals surface area contributed by atoms with Gasteiger partial charge in [-0.15, -0.1) is 0 Å². The number of carbonyl (C=O) groups is 1. The number of anilines is 2. The van der Waals surface area contributed by atoms with Crippen molar-refractivity contribution in [3.05, 3.63) is 106 Å². The second-order valence-electron chi connectivity index (χ2n) is 7.61. The third kappa shape index (κ3) is 6.11. The van der Waals surface area contributed by atoms with Crippen molar-refractivity contribution in [2.75, 3.05) is 10.8 Å². The highest BCUT2D eigenvalue weighted by Gasteiger charge is 2.24. The molecule has 0 spiro atoms. The van der Waals surface area contributed by atoms with Crippen LogP contribution in [0.25, 0.3) is 0 Å². The summed E-state index contributed by atoms with van der Waals surface area (Å²) in [6.45, 7) is 0.0292. The van der Waals surface area contributed by atoms with Crippen molar-refractivity contribution in [1.82, 2.24) is 14.1 Å². The zero-order chi connectivity index (χ0) is 25.7. The molecule has 0 aliphatic rings. The summed E-state index contributed by atoms with van der Waals surface area (Å²) in [4.78, 5) is 13.0. The standard InChI is InChI=1S/C24H19ClF2N4O3S2/c25-17-7-9-19(24(32)28-11-10-16-6-8-18(26)14-20(16)27)22(13-17)31(36(33)34)23-21(29-35-30-23)12-15-4-2-1-3-5-15/h1-9,13-14H,10-12H2,(H,28,32)(H,33,34)/p-1. The third-order valence-electron chi connectivity index (χ3n) is 5.21. The highest BCUT2D eigenvalue weighted by atomic mass is 35.5. The number of carbonyl (C=O) groups excluding carboxylic acids is 1. The van der Waals surface area contributed by atoms with Crippen LogP contribution in [0.5, 0.6) is 0 Å². The highest BCUT2D eigenvalue weighted by Crippen LogP contribution is 2.34. The minimum absolute atomic E-state index is 0.0108. The van der Waals surface area contributed by atoms with Crippen LogP contribution >= 0.6 is 23.3 Å². The molecular weight excluding hydrogens is 530 g/mol. The summed E-state index contributed by atoms with van der Waals surface area (Å²) in [7, 11) is 0. The van der Waals surface area contributed by atoms with Crippen LogP contribution in [0.1, 0.15) is 27.2 Å². The van der Waals surface area contributed by atoms with E-state index in [0.29, 0.717) is 12.1 Å². The lowest BCUT2D eigenvalue weighted by atomic mass is 10.1. The topological polar surface area (TPSA) is 98.2 Å². The van der Waals surface area contributed by atoms with Gasteiger partial charge in [-0.3, -0.25) is 13.3 Å². The predicted molar refractivity (Wildman–Crippen MR) is 134 cm³/mol. The average molecular weight is 548 g/mol. The summed E-state index contributed by atoms with van der Waals surface area (Å²) in [6.07, 6.45) is 0.431. The highest BCUT2D eigenvalue weighted by molar-refractivity contribution is 7.81. The minimum Gasteiger partial charge on any atom is -0.755 e. The van der Waals surface area contributed by atoms with E-state index in [1.54, 1.807) is 0 Å². The molecule has 1 heterocycles. The first kappa shape index (κ1) is 25.8. The molecule has 3 aromatic carbocycles. The van der Waals surface area contributed by atoms with E-state index in [2.05, 4.69) is 14.1 Å². The van der Waals surface area contributed by atoms with Crippen molar-refractivity contribution in [2.24, 2.45) is 0 Å². The maximum Gasteiger partial charge on any atom is 0.253 e. The van der Waals surface area contributed by atoms with Gasteiger partial charge in [0.15, 0.2) is 5.82 Å². The molecule has 0 radical (unpaired) electrons. The van der Waals surface area contributed by atoms with Crippen LogP contribution < -0.4 is 9.62 Å². The van der Waals surface area contributed by atoms with E-state index < -0.39 is 28.8 Å². The fraction of sp³-hybridized carbons (Fsp3) is 0.125. The molecule has 0 saturated carbocycles. The van der Waals surface area contributed by atoms with Gasteiger partial charge in [-0.1, -0.05) is 48.0 Å². The van der Waals surface area contributed by atoms with Crippen molar-refractivity contribution >= 4 is 52.0 Å². The zero-order valence-corrected chi connectivity index (χ0v) is 20.9. The smallest absolute Gasteiger partial charge is 0.253 e. The molecule has 4 aromatic rings. The molecule has 1 amide bonds. The fourth-order valence-corrected chi connectivity index (χ4v) is 4.88. The monoisotopic (exact) mass is 547 g/mol. The van der Waals surface area contributed by atoms with Crippen LogP contribution in [0.2, 0.25) is 5.02 Å². The Morgan fingerprint density at radius 3 is 2.58 bits per heavy atom. The fourth-order valence-electron chi connectivity index (χ4n) is 3.52. The molecule has 186 valence electrons. The SMILES string of the molecule is O=C(NCCc1ccc(F)cc1F)c1ccc(Cl)cc1N(c1nsnc1Cc1ccccc1)S(=O)[O-]. The van der Waals surface area contributed by atoms with E-state index in [0.717, 1.165) is 33.7 Å². The number of halogens is 3. The van der Waals surface area contributed by atoms with Gasteiger partial charge < -0.3 is 9.87 Å². The molecular formula is C24H18ClF2N4O3S2-. The number of hydrogen-bond acceptors (Lipinski definition) is 6. The number of nitrogens with one attached hydrogen (secondary N) is 1. The first-order valence-electron chi connectivity index (χ1n) is 10.6. The summed E-state index contributed by atoms with van der Waals surface area (Å²) in [5.74, 6) is -1.96. The van der Waals surface area contributed by atoms with Gasteiger partial charge in [-0.25, -0.2) is 8.78 Å². The van der Waals surface area contributed by atoms with E-state index in [9.17, 15) is 22.3 Å². The largest absolute Gasteiger partial charge is 0.755 e. The normalized spacial score (nSPS) is 11.8. The lowest BCUT2D eigenvalue weighted by Crippen LogP contribution is -2.29. The van der Waals surface area contributed by atoms with Crippen LogP contribution in [0.4, 0.5) is 20.3 Å². The van der Waals surface area contributed by atoms with Crippen molar-refractivity contribution < 1.29 is 22.3 Å². The Balaban J connectivity index is 1.60. The molecule has 12 heteroatoms. The van der Waals surface area contributed by atoms with Gasteiger partial charge in [0.05, 0.1) is 34.2 Å². The Hall–Kier alpha value is -3.25. The quantitative estimate of drug-likeness (QED) is 0.298. The molecule has 1 aromatic heterocycles. The molecule has 7 nitrogen and oxygen atoms in total. The Morgan fingerprint density at radius 2 is 1.86 bits per heavy atom. The molecule has 1 unspecified atom stereocenters. The van der Waals surface area contributed by atoms with E-state index in [1.165, 1.54) is 24.3 Å². The summed E-state index contributed by atoms with van der Waals surface area (Å²) >= 11 is 4.13. The number of amides is 1. The van der Waals surface area contributed by atoms with Crippen LogP contribution in [-0.4, -0.2) is 30.0 Å². The first-order chi connectivity index (χ1) is 17.3. The van der Waals surface area contributed by atoms with E-state index >= 15 is 0 Å². The van der Waals surface area contributed by atoms with Gasteiger partial charge in [0.2, 0.25) is 0 Å². The van der Waals surface area contributed by atoms with Crippen LogP contribution in [0, 0.1) is 11.6 Å². The summed E-state index contributed by atoms with van der Waals surface area (Å²) in [6, 6.07) is 16.7. The molecule has 0 saturated heterocycles. The molecule has 36 heavy (non-hydrogen) atoms. The van der Waals surface area contributed by atoms with E-state index in [1.807, 2.05) is 30.3 Å². The van der Waals surface area contributed by atoms with Crippen LogP contribution in [0.3, 0.4) is 0 Å². The number of benzene rings is 3. The van der Waals surface area contributed by atoms with Crippen molar-refractivity contribution in [3.63, 3.8) is 0 Å². The third-order valence-corrected chi connectivity index (χ3v) is 6.67. The Kier molecular flexibility index (Phi) is 8.36. The van der Waals surface area contributed by atoms with Gasteiger partial charge in [0.25, 0.3) is 5.91 Å². The second kappa shape index (κ2) is 11.7. The molecule has 0 aliphatic carbocycles. The molecule has 0 fully saturated rings. The number of aromatic nitrogens is 2. The lowest BCUT2D eigenvalue weighted by Gasteiger charge is -2.27. The van der Waals surface area contributed by atoms with E-state index in [-0.39, 0.29) is 40.6 Å². The molecule has 4 rings (SSSR count). The maximum absolute atomic E-state index is 13.9. The van der Waals surface area contributed by atoms with Gasteiger partial charge in [0, 0.05) is 24.1 Å². The van der Waals surface area contributed by atoms with Crippen molar-refractivity contribution in [3.8, 4) is 0 Å². The molecule has 1 N–H and O–H groups in total. The summed E-state index contributed by atoms with van der Waals surface area (Å²) in [5, 5.41) is 2.85. The van der Waals surface area contributed by atoms with Crippen LogP contribution in [-0.2, 0) is 24.1 Å². The van der Waals surface area contributed by atoms with Gasteiger partial charge in [-0.05, 0) is 41.8 Å². The Labute approximate surface area is 217 Å².